The Labute approximate surface area is 109 Å². The van der Waals surface area contributed by atoms with E-state index in [2.05, 4.69) is 43.4 Å². The van der Waals surface area contributed by atoms with Crippen molar-refractivity contribution in [1.29, 1.82) is 0 Å². The molecule has 1 aromatic carbocycles. The molecule has 0 bridgehead atoms. The fraction of sp³-hybridized carbons (Fsp3) is 0.375. The summed E-state index contributed by atoms with van der Waals surface area (Å²) in [6, 6.07) is 13.2. The van der Waals surface area contributed by atoms with Gasteiger partial charge >= 0.3 is 0 Å². The van der Waals surface area contributed by atoms with Crippen LogP contribution >= 0.6 is 0 Å². The van der Waals surface area contributed by atoms with Crippen LogP contribution in [0.15, 0.2) is 47.1 Å². The SMILES string of the molecule is CCNC(Cc1ccc(C)cc1)Cc1ccco1. The van der Waals surface area contributed by atoms with E-state index in [9.17, 15) is 0 Å². The molecular weight excluding hydrogens is 222 g/mol. The molecule has 1 heterocycles. The Bertz CT molecular complexity index is 444. The van der Waals surface area contributed by atoms with E-state index in [0.717, 1.165) is 25.1 Å². The first-order valence-corrected chi connectivity index (χ1v) is 6.59. The second-order valence-electron chi connectivity index (χ2n) is 4.73. The molecule has 0 saturated heterocycles. The lowest BCUT2D eigenvalue weighted by Crippen LogP contribution is -2.32. The number of nitrogens with one attached hydrogen (secondary N) is 1. The molecule has 0 radical (unpaired) electrons. The lowest BCUT2D eigenvalue weighted by molar-refractivity contribution is 0.444. The fourth-order valence-electron chi connectivity index (χ4n) is 2.19. The van der Waals surface area contributed by atoms with Crippen molar-refractivity contribution in [2.45, 2.75) is 32.7 Å². The standard InChI is InChI=1S/C16H21NO/c1-3-17-15(12-16-5-4-10-18-16)11-14-8-6-13(2)7-9-14/h4-10,15,17H,3,11-12H2,1-2H3. The maximum Gasteiger partial charge on any atom is 0.105 e. The highest BCUT2D eigenvalue weighted by Crippen LogP contribution is 2.11. The molecule has 0 amide bonds. The Kier molecular flexibility index (Phi) is 4.59. The van der Waals surface area contributed by atoms with Crippen molar-refractivity contribution < 1.29 is 4.42 Å². The van der Waals surface area contributed by atoms with E-state index < -0.39 is 0 Å². The van der Waals surface area contributed by atoms with Crippen LogP contribution in [0.25, 0.3) is 0 Å². The van der Waals surface area contributed by atoms with Gasteiger partial charge in [-0.2, -0.15) is 0 Å². The average molecular weight is 243 g/mol. The topological polar surface area (TPSA) is 25.2 Å². The maximum absolute atomic E-state index is 5.43. The third-order valence-corrected chi connectivity index (χ3v) is 3.12. The summed E-state index contributed by atoms with van der Waals surface area (Å²) in [6.07, 6.45) is 3.72. The average Bonchev–Trinajstić information content (AvgIpc) is 2.85. The van der Waals surface area contributed by atoms with Gasteiger partial charge in [0.15, 0.2) is 0 Å². The van der Waals surface area contributed by atoms with Crippen molar-refractivity contribution in [1.82, 2.24) is 5.32 Å². The Morgan fingerprint density at radius 3 is 2.50 bits per heavy atom. The maximum atomic E-state index is 5.43. The third kappa shape index (κ3) is 3.74. The van der Waals surface area contributed by atoms with E-state index in [1.54, 1.807) is 6.26 Å². The van der Waals surface area contributed by atoms with Gasteiger partial charge in [0.1, 0.15) is 5.76 Å². The van der Waals surface area contributed by atoms with Crippen molar-refractivity contribution >= 4 is 0 Å². The molecule has 1 aromatic heterocycles. The summed E-state index contributed by atoms with van der Waals surface area (Å²) in [6.45, 7) is 5.25. The van der Waals surface area contributed by atoms with Crippen LogP contribution in [0, 0.1) is 6.92 Å². The number of rotatable bonds is 6. The van der Waals surface area contributed by atoms with Gasteiger partial charge in [-0.1, -0.05) is 36.8 Å². The summed E-state index contributed by atoms with van der Waals surface area (Å²) in [4.78, 5) is 0. The van der Waals surface area contributed by atoms with E-state index >= 15 is 0 Å². The smallest absolute Gasteiger partial charge is 0.105 e. The zero-order valence-corrected chi connectivity index (χ0v) is 11.1. The highest BCUT2D eigenvalue weighted by atomic mass is 16.3. The second kappa shape index (κ2) is 6.41. The minimum atomic E-state index is 0.434. The zero-order chi connectivity index (χ0) is 12.8. The molecule has 18 heavy (non-hydrogen) atoms. The van der Waals surface area contributed by atoms with Gasteiger partial charge in [-0.3, -0.25) is 0 Å². The van der Waals surface area contributed by atoms with Gasteiger partial charge < -0.3 is 9.73 Å². The van der Waals surface area contributed by atoms with Crippen molar-refractivity contribution in [3.05, 3.63) is 59.5 Å². The van der Waals surface area contributed by atoms with E-state index in [-0.39, 0.29) is 0 Å². The summed E-state index contributed by atoms with van der Waals surface area (Å²) < 4.78 is 5.43. The van der Waals surface area contributed by atoms with E-state index in [0.29, 0.717) is 6.04 Å². The van der Waals surface area contributed by atoms with Gasteiger partial charge in [0.2, 0.25) is 0 Å². The van der Waals surface area contributed by atoms with Gasteiger partial charge in [0.25, 0.3) is 0 Å². The highest BCUT2D eigenvalue weighted by Gasteiger charge is 2.10. The molecule has 0 spiro atoms. The zero-order valence-electron chi connectivity index (χ0n) is 11.1. The largest absolute Gasteiger partial charge is 0.469 e. The van der Waals surface area contributed by atoms with Crippen LogP contribution in [0.1, 0.15) is 23.8 Å². The van der Waals surface area contributed by atoms with Gasteiger partial charge in [-0.25, -0.2) is 0 Å². The number of furan rings is 1. The summed E-state index contributed by atoms with van der Waals surface area (Å²) in [5, 5.41) is 3.52. The molecule has 2 nitrogen and oxygen atoms in total. The number of likely N-dealkylation sites (N-methyl/N-ethyl adjacent to an activating group) is 1. The molecule has 0 aliphatic rings. The molecule has 1 atom stereocenters. The molecule has 1 unspecified atom stereocenters. The first kappa shape index (κ1) is 12.9. The second-order valence-corrected chi connectivity index (χ2v) is 4.73. The number of benzene rings is 1. The van der Waals surface area contributed by atoms with Crippen LogP contribution in [-0.4, -0.2) is 12.6 Å². The first-order chi connectivity index (χ1) is 8.78. The molecule has 2 aromatic rings. The molecule has 96 valence electrons. The fourth-order valence-corrected chi connectivity index (χ4v) is 2.19. The predicted octanol–water partition coefficient (Wildman–Crippen LogP) is 3.35. The van der Waals surface area contributed by atoms with Crippen LogP contribution in [0.2, 0.25) is 0 Å². The molecule has 1 N–H and O–H groups in total. The molecule has 0 fully saturated rings. The van der Waals surface area contributed by atoms with Crippen molar-refractivity contribution in [2.24, 2.45) is 0 Å². The van der Waals surface area contributed by atoms with Crippen molar-refractivity contribution in [2.75, 3.05) is 6.54 Å². The minimum absolute atomic E-state index is 0.434. The van der Waals surface area contributed by atoms with Crippen LogP contribution in [0.5, 0.6) is 0 Å². The third-order valence-electron chi connectivity index (χ3n) is 3.12. The van der Waals surface area contributed by atoms with Gasteiger partial charge in [-0.05, 0) is 37.6 Å². The molecule has 2 rings (SSSR count). The molecule has 2 heteroatoms. The van der Waals surface area contributed by atoms with E-state index in [4.69, 9.17) is 4.42 Å². The molecule has 0 saturated carbocycles. The van der Waals surface area contributed by atoms with Gasteiger partial charge in [0, 0.05) is 12.5 Å². The summed E-state index contributed by atoms with van der Waals surface area (Å²) in [7, 11) is 0. The number of hydrogen-bond donors (Lipinski definition) is 1. The Balaban J connectivity index is 1.99. The monoisotopic (exact) mass is 243 g/mol. The lowest BCUT2D eigenvalue weighted by atomic mass is 10.0. The Hall–Kier alpha value is -1.54. The van der Waals surface area contributed by atoms with Crippen LogP contribution in [0.3, 0.4) is 0 Å². The number of aryl methyl sites for hydroxylation is 1. The molecular formula is C16H21NO. The minimum Gasteiger partial charge on any atom is -0.469 e. The van der Waals surface area contributed by atoms with Crippen LogP contribution in [0.4, 0.5) is 0 Å². The van der Waals surface area contributed by atoms with Crippen LogP contribution in [-0.2, 0) is 12.8 Å². The Morgan fingerprint density at radius 1 is 1.11 bits per heavy atom. The summed E-state index contributed by atoms with van der Waals surface area (Å²) in [5.41, 5.74) is 2.68. The molecule has 0 aliphatic heterocycles. The van der Waals surface area contributed by atoms with Gasteiger partial charge in [-0.15, -0.1) is 0 Å². The van der Waals surface area contributed by atoms with E-state index in [1.165, 1.54) is 11.1 Å². The normalized spacial score (nSPS) is 12.6. The lowest BCUT2D eigenvalue weighted by Gasteiger charge is -2.17. The van der Waals surface area contributed by atoms with Crippen molar-refractivity contribution in [3.8, 4) is 0 Å². The quantitative estimate of drug-likeness (QED) is 0.841. The highest BCUT2D eigenvalue weighted by molar-refractivity contribution is 5.22. The number of hydrogen-bond acceptors (Lipinski definition) is 2. The summed E-state index contributed by atoms with van der Waals surface area (Å²) >= 11 is 0. The van der Waals surface area contributed by atoms with Crippen molar-refractivity contribution in [3.63, 3.8) is 0 Å². The predicted molar refractivity (Wildman–Crippen MR) is 74.8 cm³/mol. The molecule has 0 aliphatic carbocycles. The first-order valence-electron chi connectivity index (χ1n) is 6.59. The summed E-state index contributed by atoms with van der Waals surface area (Å²) in [5.74, 6) is 1.05. The van der Waals surface area contributed by atoms with Crippen LogP contribution < -0.4 is 5.32 Å². The van der Waals surface area contributed by atoms with E-state index in [1.807, 2.05) is 12.1 Å². The Morgan fingerprint density at radius 2 is 1.89 bits per heavy atom. The van der Waals surface area contributed by atoms with Gasteiger partial charge in [0.05, 0.1) is 6.26 Å².